The molecule has 0 unspecified atom stereocenters. The monoisotopic (exact) mass is 385 g/mol. The van der Waals surface area contributed by atoms with E-state index in [4.69, 9.17) is 0 Å². The summed E-state index contributed by atoms with van der Waals surface area (Å²) in [6.07, 6.45) is 0. The Hall–Kier alpha value is -3.69. The number of hydrogen-bond donors (Lipinski definition) is 1. The lowest BCUT2D eigenvalue weighted by Crippen LogP contribution is -2.48. The molecule has 1 saturated heterocycles. The number of rotatable bonds is 5. The van der Waals surface area contributed by atoms with Crippen molar-refractivity contribution in [2.75, 3.05) is 43.4 Å². The van der Waals surface area contributed by atoms with Crippen LogP contribution in [-0.2, 0) is 0 Å². The van der Waals surface area contributed by atoms with E-state index in [1.807, 2.05) is 4.90 Å². The summed E-state index contributed by atoms with van der Waals surface area (Å²) in [6.45, 7) is 2.05. The highest BCUT2D eigenvalue weighted by Crippen LogP contribution is 2.26. The zero-order chi connectivity index (χ0) is 20.3. The molecule has 2 aromatic carbocycles. The molecule has 1 aliphatic rings. The number of nitrogens with one attached hydrogen (secondary N) is 1. The third kappa shape index (κ3) is 3.85. The molecule has 28 heavy (non-hydrogen) atoms. The Bertz CT molecular complexity index is 907. The quantitative estimate of drug-likeness (QED) is 0.620. The molecular weight excluding hydrogens is 366 g/mol. The highest BCUT2D eigenvalue weighted by Gasteiger charge is 2.25. The fourth-order valence-electron chi connectivity index (χ4n) is 3.16. The van der Waals surface area contributed by atoms with E-state index < -0.39 is 9.85 Å². The Morgan fingerprint density at radius 1 is 0.964 bits per heavy atom. The first kappa shape index (κ1) is 19.1. The number of nitro benzene ring substituents is 2. The van der Waals surface area contributed by atoms with Crippen molar-refractivity contribution in [1.82, 2.24) is 4.90 Å². The van der Waals surface area contributed by atoms with E-state index in [0.29, 0.717) is 31.9 Å². The lowest BCUT2D eigenvalue weighted by Gasteiger charge is -2.36. The maximum absolute atomic E-state index is 12.7. The molecule has 1 N–H and O–H groups in total. The normalized spacial score (nSPS) is 13.9. The van der Waals surface area contributed by atoms with Gasteiger partial charge in [-0.15, -0.1) is 0 Å². The average Bonchev–Trinajstić information content (AvgIpc) is 2.73. The van der Waals surface area contributed by atoms with Gasteiger partial charge in [0, 0.05) is 62.7 Å². The van der Waals surface area contributed by atoms with E-state index in [1.165, 1.54) is 24.3 Å². The summed E-state index contributed by atoms with van der Waals surface area (Å²) in [7, 11) is 1.58. The molecule has 10 nitrogen and oxygen atoms in total. The van der Waals surface area contributed by atoms with E-state index in [1.54, 1.807) is 30.1 Å². The molecule has 3 rings (SSSR count). The number of hydrogen-bond acceptors (Lipinski definition) is 7. The van der Waals surface area contributed by atoms with E-state index >= 15 is 0 Å². The Kier molecular flexibility index (Phi) is 5.39. The van der Waals surface area contributed by atoms with Crippen molar-refractivity contribution in [3.05, 3.63) is 68.3 Å². The molecule has 2 aromatic rings. The molecule has 0 spiro atoms. The van der Waals surface area contributed by atoms with Gasteiger partial charge in [0.1, 0.15) is 5.69 Å². The van der Waals surface area contributed by atoms with Crippen LogP contribution in [0.3, 0.4) is 0 Å². The summed E-state index contributed by atoms with van der Waals surface area (Å²) in [4.78, 5) is 37.4. The van der Waals surface area contributed by atoms with Crippen molar-refractivity contribution in [2.45, 2.75) is 0 Å². The van der Waals surface area contributed by atoms with Gasteiger partial charge in [-0.2, -0.15) is 0 Å². The van der Waals surface area contributed by atoms with Gasteiger partial charge < -0.3 is 15.1 Å². The molecule has 10 heteroatoms. The molecule has 0 aromatic heterocycles. The second kappa shape index (κ2) is 7.91. The first-order valence-electron chi connectivity index (χ1n) is 8.65. The number of nitro groups is 2. The maximum atomic E-state index is 12.7. The van der Waals surface area contributed by atoms with Crippen LogP contribution < -0.4 is 10.2 Å². The van der Waals surface area contributed by atoms with Gasteiger partial charge in [0.05, 0.1) is 9.85 Å². The molecule has 1 aliphatic heterocycles. The number of non-ortho nitro benzene ring substituents is 1. The third-order valence-corrected chi connectivity index (χ3v) is 4.70. The van der Waals surface area contributed by atoms with Gasteiger partial charge in [-0.1, -0.05) is 0 Å². The molecule has 0 aliphatic carbocycles. The first-order chi connectivity index (χ1) is 13.4. The summed E-state index contributed by atoms with van der Waals surface area (Å²) in [5, 5.41) is 24.7. The third-order valence-electron chi connectivity index (χ3n) is 4.70. The zero-order valence-corrected chi connectivity index (χ0v) is 15.2. The molecule has 146 valence electrons. The van der Waals surface area contributed by atoms with Crippen LogP contribution in [0, 0.1) is 20.2 Å². The summed E-state index contributed by atoms with van der Waals surface area (Å²) in [6, 6.07) is 10.7. The van der Waals surface area contributed by atoms with Crippen LogP contribution in [0.25, 0.3) is 0 Å². The smallest absolute Gasteiger partial charge is 0.293 e. The van der Waals surface area contributed by atoms with Crippen molar-refractivity contribution in [3.8, 4) is 0 Å². The summed E-state index contributed by atoms with van der Waals surface area (Å²) < 4.78 is 0. The van der Waals surface area contributed by atoms with Crippen LogP contribution in [0.4, 0.5) is 22.7 Å². The van der Waals surface area contributed by atoms with Gasteiger partial charge in [-0.25, -0.2) is 0 Å². The van der Waals surface area contributed by atoms with Crippen molar-refractivity contribution >= 4 is 28.7 Å². The first-order valence-corrected chi connectivity index (χ1v) is 8.65. The molecular formula is C18H19N5O5. The fraction of sp³-hybridized carbons (Fsp3) is 0.278. The topological polar surface area (TPSA) is 122 Å². The minimum absolute atomic E-state index is 0.0316. The molecule has 1 amide bonds. The number of benzene rings is 2. The molecule has 0 saturated carbocycles. The number of anilines is 2. The van der Waals surface area contributed by atoms with Crippen LogP contribution in [-0.4, -0.2) is 53.9 Å². The predicted molar refractivity (Wildman–Crippen MR) is 104 cm³/mol. The predicted octanol–water partition coefficient (Wildman–Crippen LogP) is 2.51. The Morgan fingerprint density at radius 3 is 2.14 bits per heavy atom. The van der Waals surface area contributed by atoms with Crippen molar-refractivity contribution in [2.24, 2.45) is 0 Å². The zero-order valence-electron chi connectivity index (χ0n) is 15.2. The van der Waals surface area contributed by atoms with E-state index in [9.17, 15) is 25.0 Å². The van der Waals surface area contributed by atoms with E-state index in [-0.39, 0.29) is 22.8 Å². The highest BCUT2D eigenvalue weighted by molar-refractivity contribution is 5.96. The standard InChI is InChI=1S/C18H19N5O5/c1-19-16-7-2-13(12-17(16)23(27)28)18(24)21-10-8-20(9-11-21)14-3-5-15(6-4-14)22(25)26/h2-7,12,19H,8-11H2,1H3. The molecule has 0 radical (unpaired) electrons. The number of carbonyl (C=O) groups excluding carboxylic acids is 1. The van der Waals surface area contributed by atoms with E-state index in [0.717, 1.165) is 5.69 Å². The molecule has 1 fully saturated rings. The SMILES string of the molecule is CNc1ccc(C(=O)N2CCN(c3ccc([N+](=O)[O-])cc3)CC2)cc1[N+](=O)[O-]. The van der Waals surface area contributed by atoms with Gasteiger partial charge in [0.15, 0.2) is 0 Å². The minimum atomic E-state index is -0.519. The van der Waals surface area contributed by atoms with Crippen LogP contribution in [0.5, 0.6) is 0 Å². The second-order valence-electron chi connectivity index (χ2n) is 6.29. The summed E-state index contributed by atoms with van der Waals surface area (Å²) >= 11 is 0. The second-order valence-corrected chi connectivity index (χ2v) is 6.29. The number of carbonyl (C=O) groups is 1. The van der Waals surface area contributed by atoms with Crippen LogP contribution in [0.2, 0.25) is 0 Å². The molecule has 0 bridgehead atoms. The van der Waals surface area contributed by atoms with Crippen molar-refractivity contribution in [3.63, 3.8) is 0 Å². The minimum Gasteiger partial charge on any atom is -0.383 e. The van der Waals surface area contributed by atoms with Gasteiger partial charge >= 0.3 is 0 Å². The van der Waals surface area contributed by atoms with Gasteiger partial charge in [0.25, 0.3) is 17.3 Å². The molecule has 0 atom stereocenters. The summed E-state index contributed by atoms with van der Waals surface area (Å²) in [5.74, 6) is -0.255. The maximum Gasteiger partial charge on any atom is 0.293 e. The number of nitrogens with zero attached hydrogens (tertiary/aromatic N) is 4. The number of piperazine rings is 1. The lowest BCUT2D eigenvalue weighted by atomic mass is 10.1. The summed E-state index contributed by atoms with van der Waals surface area (Å²) in [5.41, 5.74) is 1.37. The fourth-order valence-corrected chi connectivity index (χ4v) is 3.16. The number of amides is 1. The van der Waals surface area contributed by atoms with Crippen LogP contribution in [0.15, 0.2) is 42.5 Å². The van der Waals surface area contributed by atoms with Crippen molar-refractivity contribution < 1.29 is 14.6 Å². The Morgan fingerprint density at radius 2 is 1.61 bits per heavy atom. The molecule has 1 heterocycles. The van der Waals surface area contributed by atoms with Crippen LogP contribution >= 0.6 is 0 Å². The average molecular weight is 385 g/mol. The van der Waals surface area contributed by atoms with Gasteiger partial charge in [-0.05, 0) is 24.3 Å². The Balaban J connectivity index is 1.67. The Labute approximate surface area is 160 Å². The van der Waals surface area contributed by atoms with Crippen LogP contribution in [0.1, 0.15) is 10.4 Å². The van der Waals surface area contributed by atoms with Crippen molar-refractivity contribution in [1.29, 1.82) is 0 Å². The van der Waals surface area contributed by atoms with Gasteiger partial charge in [0.2, 0.25) is 0 Å². The van der Waals surface area contributed by atoms with Gasteiger partial charge in [-0.3, -0.25) is 25.0 Å². The lowest BCUT2D eigenvalue weighted by molar-refractivity contribution is -0.384. The van der Waals surface area contributed by atoms with E-state index in [2.05, 4.69) is 5.32 Å². The largest absolute Gasteiger partial charge is 0.383 e. The highest BCUT2D eigenvalue weighted by atomic mass is 16.6.